The van der Waals surface area contributed by atoms with E-state index in [2.05, 4.69) is 22.0 Å². The molecule has 1 unspecified atom stereocenters. The second-order valence-corrected chi connectivity index (χ2v) is 4.63. The lowest BCUT2D eigenvalue weighted by Gasteiger charge is -2.18. The molecule has 1 aliphatic heterocycles. The zero-order valence-corrected chi connectivity index (χ0v) is 9.63. The standard InChI is InChI=1S/C11H10BrNO/c1-7-11(2,6-13)9-5-8(12)3-4-10(9)14-7/h3-5,7H,1-2H3/t7-,11?/m0/s1. The van der Waals surface area contributed by atoms with E-state index < -0.39 is 5.41 Å². The van der Waals surface area contributed by atoms with Gasteiger partial charge in [0.1, 0.15) is 17.3 Å². The van der Waals surface area contributed by atoms with Crippen LogP contribution in [0.5, 0.6) is 5.75 Å². The summed E-state index contributed by atoms with van der Waals surface area (Å²) in [6.07, 6.45) is -0.0863. The second-order valence-electron chi connectivity index (χ2n) is 3.71. The maximum absolute atomic E-state index is 9.19. The maximum Gasteiger partial charge on any atom is 0.124 e. The molecule has 1 aromatic rings. The van der Waals surface area contributed by atoms with Gasteiger partial charge in [-0.05, 0) is 32.0 Å². The fourth-order valence-corrected chi connectivity index (χ4v) is 2.05. The number of fused-ring (bicyclic) bond motifs is 1. The van der Waals surface area contributed by atoms with Crippen molar-refractivity contribution in [2.75, 3.05) is 0 Å². The number of nitrogens with zero attached hydrogens (tertiary/aromatic N) is 1. The van der Waals surface area contributed by atoms with E-state index in [1.807, 2.05) is 32.0 Å². The van der Waals surface area contributed by atoms with Gasteiger partial charge in [0.2, 0.25) is 0 Å². The molecule has 0 aromatic heterocycles. The summed E-state index contributed by atoms with van der Waals surface area (Å²) in [4.78, 5) is 0. The van der Waals surface area contributed by atoms with Crippen LogP contribution in [0.3, 0.4) is 0 Å². The highest BCUT2D eigenvalue weighted by atomic mass is 79.9. The molecule has 1 aliphatic rings. The molecule has 3 heteroatoms. The molecule has 0 N–H and O–H groups in total. The molecule has 1 aromatic carbocycles. The second kappa shape index (κ2) is 2.99. The van der Waals surface area contributed by atoms with Crippen LogP contribution >= 0.6 is 15.9 Å². The fourth-order valence-electron chi connectivity index (χ4n) is 1.69. The lowest BCUT2D eigenvalue weighted by molar-refractivity contribution is 0.204. The van der Waals surface area contributed by atoms with E-state index in [-0.39, 0.29) is 6.10 Å². The van der Waals surface area contributed by atoms with Gasteiger partial charge in [-0.1, -0.05) is 15.9 Å². The Morgan fingerprint density at radius 1 is 1.57 bits per heavy atom. The minimum Gasteiger partial charge on any atom is -0.488 e. The minimum absolute atomic E-state index is 0.0863. The average Bonchev–Trinajstić information content (AvgIpc) is 2.41. The van der Waals surface area contributed by atoms with E-state index in [0.717, 1.165) is 15.8 Å². The van der Waals surface area contributed by atoms with Crippen molar-refractivity contribution in [3.8, 4) is 11.8 Å². The quantitative estimate of drug-likeness (QED) is 0.711. The predicted molar refractivity (Wildman–Crippen MR) is 57.2 cm³/mol. The molecule has 2 nitrogen and oxygen atoms in total. The van der Waals surface area contributed by atoms with E-state index in [9.17, 15) is 5.26 Å². The normalized spacial score (nSPS) is 29.1. The van der Waals surface area contributed by atoms with Crippen molar-refractivity contribution in [1.82, 2.24) is 0 Å². The van der Waals surface area contributed by atoms with E-state index in [1.165, 1.54) is 0 Å². The van der Waals surface area contributed by atoms with Gasteiger partial charge in [0.05, 0.1) is 6.07 Å². The van der Waals surface area contributed by atoms with Gasteiger partial charge in [0.15, 0.2) is 0 Å². The SMILES string of the molecule is C[C@@H]1Oc2ccc(Br)cc2C1(C)C#N. The topological polar surface area (TPSA) is 33.0 Å². The summed E-state index contributed by atoms with van der Waals surface area (Å²) in [6, 6.07) is 8.11. The molecule has 2 rings (SSSR count). The zero-order valence-electron chi connectivity index (χ0n) is 8.04. The first-order valence-corrected chi connectivity index (χ1v) is 5.25. The van der Waals surface area contributed by atoms with Crippen LogP contribution in [0.25, 0.3) is 0 Å². The first-order chi connectivity index (χ1) is 6.58. The highest BCUT2D eigenvalue weighted by Crippen LogP contribution is 2.43. The summed E-state index contributed by atoms with van der Waals surface area (Å²) in [5.41, 5.74) is 0.445. The molecule has 1 heterocycles. The van der Waals surface area contributed by atoms with E-state index in [1.54, 1.807) is 0 Å². The van der Waals surface area contributed by atoms with Crippen LogP contribution in [0, 0.1) is 11.3 Å². The van der Waals surface area contributed by atoms with E-state index in [0.29, 0.717) is 0 Å². The number of hydrogen-bond donors (Lipinski definition) is 0. The molecule has 72 valence electrons. The Balaban J connectivity index is 2.63. The number of ether oxygens (including phenoxy) is 1. The highest BCUT2D eigenvalue weighted by Gasteiger charge is 2.43. The smallest absolute Gasteiger partial charge is 0.124 e. The molecular weight excluding hydrogens is 242 g/mol. The van der Waals surface area contributed by atoms with Crippen molar-refractivity contribution in [3.63, 3.8) is 0 Å². The third-order valence-corrected chi connectivity index (χ3v) is 3.34. The fraction of sp³-hybridized carbons (Fsp3) is 0.364. The summed E-state index contributed by atoms with van der Waals surface area (Å²) in [6.45, 7) is 3.84. The van der Waals surface area contributed by atoms with Crippen molar-refractivity contribution in [1.29, 1.82) is 5.26 Å². The Kier molecular flexibility index (Phi) is 2.04. The summed E-state index contributed by atoms with van der Waals surface area (Å²) in [5, 5.41) is 9.19. The van der Waals surface area contributed by atoms with Crippen LogP contribution in [0.15, 0.2) is 22.7 Å². The van der Waals surface area contributed by atoms with E-state index in [4.69, 9.17) is 4.74 Å². The first-order valence-electron chi connectivity index (χ1n) is 4.46. The van der Waals surface area contributed by atoms with Gasteiger partial charge < -0.3 is 4.74 Å². The number of hydrogen-bond acceptors (Lipinski definition) is 2. The van der Waals surface area contributed by atoms with Crippen molar-refractivity contribution < 1.29 is 4.74 Å². The van der Waals surface area contributed by atoms with Gasteiger partial charge in [0.25, 0.3) is 0 Å². The number of benzene rings is 1. The predicted octanol–water partition coefficient (Wildman–Crippen LogP) is 3.01. The lowest BCUT2D eigenvalue weighted by Crippen LogP contribution is -2.30. The summed E-state index contributed by atoms with van der Waals surface area (Å²) in [5.74, 6) is 0.824. The first kappa shape index (κ1) is 9.54. The van der Waals surface area contributed by atoms with Gasteiger partial charge >= 0.3 is 0 Å². The Morgan fingerprint density at radius 2 is 2.29 bits per heavy atom. The third kappa shape index (κ3) is 1.14. The van der Waals surface area contributed by atoms with Gasteiger partial charge in [-0.3, -0.25) is 0 Å². The van der Waals surface area contributed by atoms with Crippen molar-refractivity contribution in [2.24, 2.45) is 0 Å². The van der Waals surface area contributed by atoms with Crippen LogP contribution in [0.4, 0.5) is 0 Å². The van der Waals surface area contributed by atoms with Gasteiger partial charge in [-0.2, -0.15) is 5.26 Å². The van der Waals surface area contributed by atoms with Gasteiger partial charge in [0, 0.05) is 10.0 Å². The largest absolute Gasteiger partial charge is 0.488 e. The number of halogens is 1. The van der Waals surface area contributed by atoms with Crippen molar-refractivity contribution in [2.45, 2.75) is 25.4 Å². The van der Waals surface area contributed by atoms with Crippen LogP contribution in [0.1, 0.15) is 19.4 Å². The molecule has 0 amide bonds. The van der Waals surface area contributed by atoms with Gasteiger partial charge in [-0.25, -0.2) is 0 Å². The molecule has 14 heavy (non-hydrogen) atoms. The van der Waals surface area contributed by atoms with Crippen LogP contribution < -0.4 is 4.74 Å². The van der Waals surface area contributed by atoms with Crippen LogP contribution in [0.2, 0.25) is 0 Å². The molecule has 0 aliphatic carbocycles. The van der Waals surface area contributed by atoms with Gasteiger partial charge in [-0.15, -0.1) is 0 Å². The Hall–Kier alpha value is -1.01. The monoisotopic (exact) mass is 251 g/mol. The molecule has 0 fully saturated rings. The van der Waals surface area contributed by atoms with E-state index >= 15 is 0 Å². The van der Waals surface area contributed by atoms with Crippen molar-refractivity contribution >= 4 is 15.9 Å². The molecule has 2 atom stereocenters. The summed E-state index contributed by atoms with van der Waals surface area (Å²) < 4.78 is 6.61. The third-order valence-electron chi connectivity index (χ3n) is 2.85. The zero-order chi connectivity index (χ0) is 10.3. The maximum atomic E-state index is 9.19. The molecule has 0 radical (unpaired) electrons. The molecular formula is C11H10BrNO. The molecule has 0 spiro atoms. The summed E-state index contributed by atoms with van der Waals surface area (Å²) in [7, 11) is 0. The average molecular weight is 252 g/mol. The highest BCUT2D eigenvalue weighted by molar-refractivity contribution is 9.10. The Labute approximate surface area is 91.6 Å². The van der Waals surface area contributed by atoms with Crippen molar-refractivity contribution in [3.05, 3.63) is 28.2 Å². The molecule has 0 saturated heterocycles. The number of nitriles is 1. The Bertz CT molecular complexity index is 424. The lowest BCUT2D eigenvalue weighted by atomic mass is 9.81. The molecule has 0 saturated carbocycles. The van der Waals surface area contributed by atoms with Crippen LogP contribution in [-0.4, -0.2) is 6.10 Å². The summed E-state index contributed by atoms with van der Waals surface area (Å²) >= 11 is 3.40. The number of rotatable bonds is 0. The Morgan fingerprint density at radius 3 is 2.93 bits per heavy atom. The molecule has 0 bridgehead atoms. The van der Waals surface area contributed by atoms with Crippen LogP contribution in [-0.2, 0) is 5.41 Å². The minimum atomic E-state index is -0.529.